The Morgan fingerprint density at radius 1 is 0.917 bits per heavy atom. The van der Waals surface area contributed by atoms with Gasteiger partial charge in [0.1, 0.15) is 6.04 Å². The molecule has 18 nitrogen and oxygen atoms in total. The van der Waals surface area contributed by atoms with Crippen LogP contribution in [0.5, 0.6) is 0 Å². The van der Waals surface area contributed by atoms with Gasteiger partial charge in [-0.2, -0.15) is 0 Å². The van der Waals surface area contributed by atoms with Gasteiger partial charge < -0.3 is 20.6 Å². The van der Waals surface area contributed by atoms with Gasteiger partial charge in [-0.1, -0.05) is 0 Å². The highest BCUT2D eigenvalue weighted by molar-refractivity contribution is 5.90. The lowest BCUT2D eigenvalue weighted by molar-refractivity contribution is -0.278. The Hall–Kier alpha value is -4.58. The summed E-state index contributed by atoms with van der Waals surface area (Å²) in [4.78, 5) is 111. The van der Waals surface area contributed by atoms with Crippen LogP contribution in [0, 0.1) is 0 Å². The van der Waals surface area contributed by atoms with Crippen LogP contribution in [0.3, 0.4) is 0 Å². The number of hydrogen-bond acceptors (Lipinski definition) is 17. The van der Waals surface area contributed by atoms with E-state index in [4.69, 9.17) is 5.73 Å². The number of nitrogens with two attached hydrogens (primary N) is 1. The Morgan fingerprint density at radius 2 is 1.44 bits per heavy atom. The number of H-pyrrole nitrogens is 1. The first-order chi connectivity index (χ1) is 16.8. The molecule has 0 saturated heterocycles. The quantitative estimate of drug-likeness (QED) is 0.162. The van der Waals surface area contributed by atoms with Crippen molar-refractivity contribution in [3.63, 3.8) is 0 Å². The summed E-state index contributed by atoms with van der Waals surface area (Å²) in [5, 5.41) is 10.4. The second kappa shape index (κ2) is 14.0. The Morgan fingerprint density at radius 3 is 1.97 bits per heavy atom. The Balaban J connectivity index is 2.60. The molecule has 4 N–H and O–H groups in total. The predicted molar refractivity (Wildman–Crippen MR) is 103 cm³/mol. The van der Waals surface area contributed by atoms with E-state index in [1.165, 1.54) is 12.5 Å². The molecule has 0 aliphatic heterocycles. The molecular formula is C18H21N3O15. The number of nitrogens with zero attached hydrogens (tertiary/aromatic N) is 1. The highest BCUT2D eigenvalue weighted by Crippen LogP contribution is 2.20. The minimum absolute atomic E-state index is 0.0186. The van der Waals surface area contributed by atoms with Crippen LogP contribution in [0.2, 0.25) is 0 Å². The maximum absolute atomic E-state index is 12.0. The number of aliphatic hydroxyl groups is 1. The van der Waals surface area contributed by atoms with Crippen LogP contribution in [-0.2, 0) is 74.0 Å². The zero-order chi connectivity index (χ0) is 27.3. The maximum atomic E-state index is 12.0. The maximum Gasteiger partial charge on any atom is 0.392 e. The summed E-state index contributed by atoms with van der Waals surface area (Å²) in [6.07, 6.45) is 0.0175. The van der Waals surface area contributed by atoms with Gasteiger partial charge in [0.05, 0.1) is 19.2 Å². The van der Waals surface area contributed by atoms with Crippen molar-refractivity contribution in [3.05, 3.63) is 18.2 Å². The van der Waals surface area contributed by atoms with Gasteiger partial charge in [-0.15, -0.1) is 0 Å². The molecular weight excluding hydrogens is 498 g/mol. The van der Waals surface area contributed by atoms with E-state index in [9.17, 15) is 38.7 Å². The van der Waals surface area contributed by atoms with Crippen molar-refractivity contribution in [2.24, 2.45) is 5.73 Å². The monoisotopic (exact) mass is 519 g/mol. The van der Waals surface area contributed by atoms with Gasteiger partial charge in [0, 0.05) is 32.2 Å². The van der Waals surface area contributed by atoms with E-state index in [2.05, 4.69) is 44.0 Å². The molecule has 1 aromatic heterocycles. The largest absolute Gasteiger partial charge is 0.452 e. The van der Waals surface area contributed by atoms with Crippen molar-refractivity contribution in [2.75, 3.05) is 6.61 Å². The minimum Gasteiger partial charge on any atom is -0.452 e. The number of rotatable bonds is 10. The molecule has 0 radical (unpaired) electrons. The summed E-state index contributed by atoms with van der Waals surface area (Å²) in [5.74, 6) is -9.58. The van der Waals surface area contributed by atoms with Gasteiger partial charge in [0.2, 0.25) is 0 Å². The van der Waals surface area contributed by atoms with E-state index in [0.29, 0.717) is 5.69 Å². The molecule has 1 aromatic rings. The first kappa shape index (κ1) is 29.5. The Bertz CT molecular complexity index is 976. The molecule has 0 aliphatic carbocycles. The highest BCUT2D eigenvalue weighted by Gasteiger charge is 2.46. The van der Waals surface area contributed by atoms with Crippen LogP contribution < -0.4 is 5.73 Å². The SMILES string of the molecule is CC(=O)OOC(=O)CC(O)(CC(=O)OOC(=O)COC(=O)C(N)Cc1cnc[nH]1)C(=O)OOC(C)=O. The lowest BCUT2D eigenvalue weighted by atomic mass is 9.96. The van der Waals surface area contributed by atoms with Crippen molar-refractivity contribution in [3.8, 4) is 0 Å². The molecule has 18 heteroatoms. The zero-order valence-electron chi connectivity index (χ0n) is 18.7. The average Bonchev–Trinajstić information content (AvgIpc) is 3.30. The standard InChI is InChI=1S/C18H21N3O15/c1-9(22)31-33-13(24)4-18(29,17(28)36-32-10(2)23)5-14(25)34-35-15(26)7-30-16(27)12(19)3-11-6-20-8-21-11/h6,8,12,29H,3-5,7,19H2,1-2H3,(H,20,21). The van der Waals surface area contributed by atoms with Crippen LogP contribution >= 0.6 is 0 Å². The number of aromatic nitrogens is 2. The molecule has 0 bridgehead atoms. The molecule has 0 aromatic carbocycles. The zero-order valence-corrected chi connectivity index (χ0v) is 18.7. The number of nitrogens with one attached hydrogen (secondary N) is 1. The predicted octanol–water partition coefficient (Wildman–Crippen LogP) is -2.62. The lowest BCUT2D eigenvalue weighted by Crippen LogP contribution is -2.45. The number of hydrogen-bond donors (Lipinski definition) is 3. The first-order valence-electron chi connectivity index (χ1n) is 9.62. The van der Waals surface area contributed by atoms with E-state index in [1.807, 2.05) is 0 Å². The van der Waals surface area contributed by atoms with Crippen molar-refractivity contribution < 1.29 is 72.7 Å². The summed E-state index contributed by atoms with van der Waals surface area (Å²) >= 11 is 0. The fourth-order valence-corrected chi connectivity index (χ4v) is 2.09. The van der Waals surface area contributed by atoms with Crippen molar-refractivity contribution in [1.29, 1.82) is 0 Å². The lowest BCUT2D eigenvalue weighted by Gasteiger charge is -2.21. The summed E-state index contributed by atoms with van der Waals surface area (Å²) in [6, 6.07) is -1.16. The van der Waals surface area contributed by atoms with Gasteiger partial charge in [-0.05, 0) is 0 Å². The minimum atomic E-state index is -3.10. The second-order valence-electron chi connectivity index (χ2n) is 6.77. The Kier molecular flexibility index (Phi) is 11.4. The topological polar surface area (TPSA) is 259 Å². The molecule has 0 aliphatic rings. The fraction of sp³-hybridized carbons (Fsp3) is 0.444. The van der Waals surface area contributed by atoms with Crippen molar-refractivity contribution in [1.82, 2.24) is 9.97 Å². The third-order valence-electron chi connectivity index (χ3n) is 3.60. The van der Waals surface area contributed by atoms with Crippen LogP contribution in [0.4, 0.5) is 0 Å². The summed E-state index contributed by atoms with van der Waals surface area (Å²) in [5.41, 5.74) is 3.03. The van der Waals surface area contributed by atoms with Crippen LogP contribution in [0.1, 0.15) is 32.4 Å². The molecule has 0 amide bonds. The van der Waals surface area contributed by atoms with Crippen LogP contribution in [-0.4, -0.2) is 75.1 Å². The summed E-state index contributed by atoms with van der Waals surface area (Å²) in [6.45, 7) is 0.660. The molecule has 2 unspecified atom stereocenters. The molecule has 0 fully saturated rings. The molecule has 1 rings (SSSR count). The average molecular weight is 519 g/mol. The number of ether oxygens (including phenoxy) is 1. The molecule has 0 spiro atoms. The fourth-order valence-electron chi connectivity index (χ4n) is 2.09. The van der Waals surface area contributed by atoms with E-state index < -0.39 is 72.9 Å². The van der Waals surface area contributed by atoms with E-state index in [1.54, 1.807) is 0 Å². The number of imidazole rings is 1. The summed E-state index contributed by atoms with van der Waals surface area (Å²) < 4.78 is 4.60. The molecule has 0 saturated carbocycles. The second-order valence-corrected chi connectivity index (χ2v) is 6.77. The van der Waals surface area contributed by atoms with Crippen LogP contribution in [0.15, 0.2) is 12.5 Å². The molecule has 198 valence electrons. The smallest absolute Gasteiger partial charge is 0.392 e. The molecule has 36 heavy (non-hydrogen) atoms. The first-order valence-corrected chi connectivity index (χ1v) is 9.62. The van der Waals surface area contributed by atoms with Crippen molar-refractivity contribution >= 4 is 41.8 Å². The van der Waals surface area contributed by atoms with Gasteiger partial charge in [0.25, 0.3) is 0 Å². The van der Waals surface area contributed by atoms with Gasteiger partial charge in [-0.3, -0.25) is 4.79 Å². The van der Waals surface area contributed by atoms with E-state index in [-0.39, 0.29) is 6.42 Å². The third kappa shape index (κ3) is 11.0. The Labute approximate surface area is 200 Å². The molecule has 1 heterocycles. The van der Waals surface area contributed by atoms with Gasteiger partial charge in [0.15, 0.2) is 12.2 Å². The highest BCUT2D eigenvalue weighted by atomic mass is 17.2. The number of aromatic amines is 1. The van der Waals surface area contributed by atoms with E-state index in [0.717, 1.165) is 13.8 Å². The number of carbonyl (C=O) groups excluding carboxylic acids is 7. The normalized spacial score (nSPS) is 12.7. The van der Waals surface area contributed by atoms with Gasteiger partial charge in [-0.25, -0.2) is 63.1 Å². The van der Waals surface area contributed by atoms with E-state index >= 15 is 0 Å². The van der Waals surface area contributed by atoms with Gasteiger partial charge >= 0.3 is 41.8 Å². The number of esters is 1. The summed E-state index contributed by atoms with van der Waals surface area (Å²) in [7, 11) is 0. The van der Waals surface area contributed by atoms with Crippen LogP contribution in [0.25, 0.3) is 0 Å². The number of carbonyl (C=O) groups is 7. The third-order valence-corrected chi connectivity index (χ3v) is 3.60. The van der Waals surface area contributed by atoms with Crippen molar-refractivity contribution in [2.45, 2.75) is 44.8 Å². The molecule has 2 atom stereocenters.